The third kappa shape index (κ3) is 3.73. The maximum Gasteiger partial charge on any atom is 0.408 e. The maximum atomic E-state index is 11.2. The number of hydrogen-bond donors (Lipinski definition) is 2. The summed E-state index contributed by atoms with van der Waals surface area (Å²) >= 11 is 0. The topological polar surface area (TPSA) is 69.6 Å². The van der Waals surface area contributed by atoms with Crippen molar-refractivity contribution in [3.63, 3.8) is 0 Å². The smallest absolute Gasteiger partial charge is 0.408 e. The van der Waals surface area contributed by atoms with Crippen molar-refractivity contribution < 1.29 is 14.7 Å². The molecule has 108 valence electrons. The highest BCUT2D eigenvalue weighted by atomic mass is 16.4. The standard InChI is InChI=1S/C15H20N2O3/c18-14-13(11-16-14)17(15(19)20)10-6-2-5-9-12-7-3-1-4-8-12/h1,3-4,7-8,13H,2,5-6,9-11H2,(H,16,18)(H,19,20)/t13-/m0/s1. The van der Waals surface area contributed by atoms with E-state index in [2.05, 4.69) is 17.4 Å². The second-order valence-corrected chi connectivity index (χ2v) is 5.03. The molecule has 1 aliphatic heterocycles. The Balaban J connectivity index is 1.66. The monoisotopic (exact) mass is 276 g/mol. The molecule has 1 aliphatic rings. The van der Waals surface area contributed by atoms with E-state index < -0.39 is 12.1 Å². The largest absolute Gasteiger partial charge is 0.465 e. The zero-order valence-electron chi connectivity index (χ0n) is 11.4. The number of rotatable bonds is 7. The van der Waals surface area contributed by atoms with Crippen molar-refractivity contribution in [1.29, 1.82) is 0 Å². The van der Waals surface area contributed by atoms with Crippen LogP contribution in [0, 0.1) is 0 Å². The summed E-state index contributed by atoms with van der Waals surface area (Å²) in [6.45, 7) is 0.872. The van der Waals surface area contributed by atoms with Gasteiger partial charge in [-0.25, -0.2) is 4.79 Å². The highest BCUT2D eigenvalue weighted by molar-refractivity contribution is 5.90. The highest BCUT2D eigenvalue weighted by Gasteiger charge is 2.35. The van der Waals surface area contributed by atoms with Gasteiger partial charge in [0.2, 0.25) is 5.91 Å². The molecule has 0 aliphatic carbocycles. The minimum absolute atomic E-state index is 0.184. The summed E-state index contributed by atoms with van der Waals surface area (Å²) in [4.78, 5) is 23.6. The van der Waals surface area contributed by atoms with Crippen LogP contribution in [0.15, 0.2) is 30.3 Å². The maximum absolute atomic E-state index is 11.2. The first-order valence-electron chi connectivity index (χ1n) is 6.99. The Bertz CT molecular complexity index is 461. The minimum Gasteiger partial charge on any atom is -0.465 e. The Morgan fingerprint density at radius 3 is 2.55 bits per heavy atom. The predicted octanol–water partition coefficient (Wildman–Crippen LogP) is 1.88. The summed E-state index contributed by atoms with van der Waals surface area (Å²) in [5.74, 6) is -0.184. The van der Waals surface area contributed by atoms with Gasteiger partial charge in [0.1, 0.15) is 6.04 Å². The molecule has 0 saturated carbocycles. The fourth-order valence-electron chi connectivity index (χ4n) is 2.35. The third-order valence-electron chi connectivity index (χ3n) is 3.60. The first-order chi connectivity index (χ1) is 9.68. The van der Waals surface area contributed by atoms with Crippen LogP contribution in [0.2, 0.25) is 0 Å². The van der Waals surface area contributed by atoms with Crippen LogP contribution in [0.25, 0.3) is 0 Å². The number of carboxylic acid groups (broad SMARTS) is 1. The van der Waals surface area contributed by atoms with Crippen molar-refractivity contribution in [1.82, 2.24) is 10.2 Å². The molecule has 1 aromatic carbocycles. The Hall–Kier alpha value is -2.04. The van der Waals surface area contributed by atoms with Crippen LogP contribution in [-0.2, 0) is 11.2 Å². The van der Waals surface area contributed by atoms with E-state index in [0.29, 0.717) is 13.1 Å². The lowest BCUT2D eigenvalue weighted by molar-refractivity contribution is -0.132. The van der Waals surface area contributed by atoms with Gasteiger partial charge in [-0.05, 0) is 24.8 Å². The molecule has 2 amide bonds. The van der Waals surface area contributed by atoms with Crippen molar-refractivity contribution in [2.24, 2.45) is 0 Å². The summed E-state index contributed by atoms with van der Waals surface area (Å²) in [6.07, 6.45) is 2.80. The van der Waals surface area contributed by atoms with Crippen LogP contribution in [-0.4, -0.2) is 41.1 Å². The summed E-state index contributed by atoms with van der Waals surface area (Å²) < 4.78 is 0. The number of aryl methyl sites for hydroxylation is 1. The van der Waals surface area contributed by atoms with Gasteiger partial charge >= 0.3 is 6.09 Å². The molecular weight excluding hydrogens is 256 g/mol. The fraction of sp³-hybridized carbons (Fsp3) is 0.467. The van der Waals surface area contributed by atoms with E-state index in [1.807, 2.05) is 18.2 Å². The van der Waals surface area contributed by atoms with Gasteiger partial charge in [0.15, 0.2) is 0 Å². The van der Waals surface area contributed by atoms with E-state index in [0.717, 1.165) is 25.7 Å². The molecule has 1 atom stereocenters. The Kier molecular flexibility index (Phi) is 4.98. The molecule has 0 unspecified atom stereocenters. The van der Waals surface area contributed by atoms with E-state index in [4.69, 9.17) is 5.11 Å². The zero-order valence-corrected chi connectivity index (χ0v) is 11.4. The van der Waals surface area contributed by atoms with Crippen LogP contribution in [0.4, 0.5) is 4.79 Å². The molecule has 5 nitrogen and oxygen atoms in total. The summed E-state index contributed by atoms with van der Waals surface area (Å²) in [6, 6.07) is 9.76. The normalized spacial score (nSPS) is 17.2. The van der Waals surface area contributed by atoms with Gasteiger partial charge in [-0.1, -0.05) is 36.8 Å². The van der Waals surface area contributed by atoms with E-state index >= 15 is 0 Å². The number of carbonyl (C=O) groups excluding carboxylic acids is 1. The van der Waals surface area contributed by atoms with Gasteiger partial charge in [-0.3, -0.25) is 9.69 Å². The van der Waals surface area contributed by atoms with Gasteiger partial charge < -0.3 is 10.4 Å². The van der Waals surface area contributed by atoms with Crippen molar-refractivity contribution in [3.8, 4) is 0 Å². The van der Waals surface area contributed by atoms with Crippen LogP contribution in [0.3, 0.4) is 0 Å². The number of unbranched alkanes of at least 4 members (excludes halogenated alkanes) is 2. The zero-order chi connectivity index (χ0) is 14.4. The first-order valence-corrected chi connectivity index (χ1v) is 6.99. The van der Waals surface area contributed by atoms with E-state index in [-0.39, 0.29) is 5.91 Å². The van der Waals surface area contributed by atoms with Crippen molar-refractivity contribution in [2.75, 3.05) is 13.1 Å². The number of nitrogens with one attached hydrogen (secondary N) is 1. The van der Waals surface area contributed by atoms with E-state index in [1.165, 1.54) is 10.5 Å². The first kappa shape index (κ1) is 14.4. The van der Waals surface area contributed by atoms with Crippen molar-refractivity contribution >= 4 is 12.0 Å². The lowest BCUT2D eigenvalue weighted by Crippen LogP contribution is -2.63. The van der Waals surface area contributed by atoms with Crippen LogP contribution in [0.1, 0.15) is 24.8 Å². The lowest BCUT2D eigenvalue weighted by atomic mass is 10.1. The molecule has 1 heterocycles. The number of carbonyl (C=O) groups is 2. The Morgan fingerprint density at radius 2 is 2.00 bits per heavy atom. The van der Waals surface area contributed by atoms with Crippen LogP contribution >= 0.6 is 0 Å². The number of nitrogens with zero attached hydrogens (tertiary/aromatic N) is 1. The molecule has 2 N–H and O–H groups in total. The number of hydrogen-bond acceptors (Lipinski definition) is 2. The van der Waals surface area contributed by atoms with Gasteiger partial charge in [0.25, 0.3) is 0 Å². The molecule has 1 aromatic rings. The summed E-state index contributed by atoms with van der Waals surface area (Å²) in [7, 11) is 0. The van der Waals surface area contributed by atoms with Crippen LogP contribution in [0.5, 0.6) is 0 Å². The molecule has 1 saturated heterocycles. The molecule has 5 heteroatoms. The molecule has 0 bridgehead atoms. The second-order valence-electron chi connectivity index (χ2n) is 5.03. The average molecular weight is 276 g/mol. The SMILES string of the molecule is O=C1NC[C@@H]1N(CCCCCc1ccccc1)C(=O)O. The quantitative estimate of drug-likeness (QED) is 0.590. The third-order valence-corrected chi connectivity index (χ3v) is 3.60. The fourth-order valence-corrected chi connectivity index (χ4v) is 2.35. The molecule has 1 fully saturated rings. The highest BCUT2D eigenvalue weighted by Crippen LogP contribution is 2.11. The molecule has 0 radical (unpaired) electrons. The molecular formula is C15H20N2O3. The predicted molar refractivity (Wildman–Crippen MR) is 75.5 cm³/mol. The number of β-lactam (4-membered cyclic amide) rings is 1. The van der Waals surface area contributed by atoms with Crippen molar-refractivity contribution in [2.45, 2.75) is 31.7 Å². The lowest BCUT2D eigenvalue weighted by Gasteiger charge is -2.34. The van der Waals surface area contributed by atoms with E-state index in [9.17, 15) is 9.59 Å². The molecule has 2 rings (SSSR count). The molecule has 0 spiro atoms. The molecule has 0 aromatic heterocycles. The van der Waals surface area contributed by atoms with Crippen LogP contribution < -0.4 is 5.32 Å². The van der Waals surface area contributed by atoms with Gasteiger partial charge in [0, 0.05) is 13.1 Å². The summed E-state index contributed by atoms with van der Waals surface area (Å²) in [5.41, 5.74) is 1.31. The average Bonchev–Trinajstić information content (AvgIpc) is 2.44. The number of amides is 2. The second kappa shape index (κ2) is 6.93. The van der Waals surface area contributed by atoms with E-state index in [1.54, 1.807) is 0 Å². The number of benzene rings is 1. The Morgan fingerprint density at radius 1 is 1.25 bits per heavy atom. The van der Waals surface area contributed by atoms with Gasteiger partial charge in [0.05, 0.1) is 0 Å². The van der Waals surface area contributed by atoms with Crippen molar-refractivity contribution in [3.05, 3.63) is 35.9 Å². The minimum atomic E-state index is -1.01. The Labute approximate surface area is 118 Å². The summed E-state index contributed by atoms with van der Waals surface area (Å²) in [5, 5.41) is 11.7. The molecule has 20 heavy (non-hydrogen) atoms. The van der Waals surface area contributed by atoms with Gasteiger partial charge in [-0.15, -0.1) is 0 Å². The van der Waals surface area contributed by atoms with Gasteiger partial charge in [-0.2, -0.15) is 0 Å².